The van der Waals surface area contributed by atoms with Gasteiger partial charge in [0, 0.05) is 30.8 Å². The molecule has 0 spiro atoms. The van der Waals surface area contributed by atoms with Gasteiger partial charge in [-0.25, -0.2) is 4.79 Å². The molecule has 2 fully saturated rings. The highest BCUT2D eigenvalue weighted by Gasteiger charge is 2.54. The standard InChI is InChI=1S/C17H20N2O2/c1-19-9-11-8-10(6-7-14(11)18-17(19)21)16(20)15-12-4-2-3-5-13(12)15/h6-8,12-13,15H,2-5,9H2,1H3,(H,18,21). The number of rotatable bonds is 2. The molecule has 0 bridgehead atoms. The third kappa shape index (κ3) is 2.04. The van der Waals surface area contributed by atoms with Gasteiger partial charge >= 0.3 is 6.03 Å². The van der Waals surface area contributed by atoms with E-state index < -0.39 is 0 Å². The Morgan fingerprint density at radius 2 is 1.95 bits per heavy atom. The van der Waals surface area contributed by atoms with Gasteiger partial charge in [-0.15, -0.1) is 0 Å². The fraction of sp³-hybridized carbons (Fsp3) is 0.529. The van der Waals surface area contributed by atoms with Gasteiger partial charge < -0.3 is 10.2 Å². The molecule has 1 aliphatic heterocycles. The van der Waals surface area contributed by atoms with E-state index in [1.54, 1.807) is 11.9 Å². The van der Waals surface area contributed by atoms with Gasteiger partial charge in [0.1, 0.15) is 0 Å². The molecule has 1 N–H and O–H groups in total. The SMILES string of the molecule is CN1Cc2cc(C(=O)C3C4CCCCC43)ccc2NC1=O. The molecule has 4 rings (SSSR count). The van der Waals surface area contributed by atoms with Crippen molar-refractivity contribution in [3.63, 3.8) is 0 Å². The second-order valence-electron chi connectivity index (χ2n) is 6.66. The highest BCUT2D eigenvalue weighted by Crippen LogP contribution is 2.56. The van der Waals surface area contributed by atoms with Gasteiger partial charge in [0.25, 0.3) is 0 Å². The molecule has 3 aliphatic rings. The van der Waals surface area contributed by atoms with E-state index in [2.05, 4.69) is 5.32 Å². The number of carbonyl (C=O) groups is 2. The Bertz CT molecular complexity index is 613. The van der Waals surface area contributed by atoms with Crippen molar-refractivity contribution >= 4 is 17.5 Å². The molecule has 4 heteroatoms. The molecule has 0 aromatic heterocycles. The Morgan fingerprint density at radius 3 is 2.67 bits per heavy atom. The summed E-state index contributed by atoms with van der Waals surface area (Å²) in [6.07, 6.45) is 5.02. The maximum atomic E-state index is 12.7. The summed E-state index contributed by atoms with van der Waals surface area (Å²) < 4.78 is 0. The summed E-state index contributed by atoms with van der Waals surface area (Å²) in [7, 11) is 1.77. The number of ketones is 1. The minimum atomic E-state index is -0.0882. The van der Waals surface area contributed by atoms with Crippen molar-refractivity contribution in [2.75, 3.05) is 12.4 Å². The van der Waals surface area contributed by atoms with Crippen LogP contribution >= 0.6 is 0 Å². The number of urea groups is 1. The van der Waals surface area contributed by atoms with E-state index >= 15 is 0 Å². The van der Waals surface area contributed by atoms with E-state index in [-0.39, 0.29) is 11.9 Å². The van der Waals surface area contributed by atoms with Crippen LogP contribution in [0.3, 0.4) is 0 Å². The lowest BCUT2D eigenvalue weighted by atomic mass is 10.00. The van der Waals surface area contributed by atoms with Gasteiger partial charge in [-0.05, 0) is 48.4 Å². The van der Waals surface area contributed by atoms with Crippen LogP contribution < -0.4 is 5.32 Å². The first-order chi connectivity index (χ1) is 10.1. The van der Waals surface area contributed by atoms with Crippen molar-refractivity contribution in [3.05, 3.63) is 29.3 Å². The molecule has 2 aliphatic carbocycles. The summed E-state index contributed by atoms with van der Waals surface area (Å²) in [5.74, 6) is 1.87. The smallest absolute Gasteiger partial charge is 0.321 e. The third-order valence-electron chi connectivity index (χ3n) is 5.34. The Morgan fingerprint density at radius 1 is 1.24 bits per heavy atom. The summed E-state index contributed by atoms with van der Waals surface area (Å²) in [5, 5.41) is 2.85. The summed E-state index contributed by atoms with van der Waals surface area (Å²) in [6.45, 7) is 0.569. The normalized spacial score (nSPS) is 30.2. The number of anilines is 1. The first kappa shape index (κ1) is 12.9. The largest absolute Gasteiger partial charge is 0.323 e. The molecular weight excluding hydrogens is 264 g/mol. The van der Waals surface area contributed by atoms with E-state index in [1.165, 1.54) is 25.7 Å². The molecule has 0 radical (unpaired) electrons. The lowest BCUT2D eigenvalue weighted by Crippen LogP contribution is -2.35. The lowest BCUT2D eigenvalue weighted by Gasteiger charge is -2.26. The monoisotopic (exact) mass is 284 g/mol. The van der Waals surface area contributed by atoms with Crippen LogP contribution in [0.1, 0.15) is 41.6 Å². The third-order valence-corrected chi connectivity index (χ3v) is 5.34. The number of nitrogens with zero attached hydrogens (tertiary/aromatic N) is 1. The maximum Gasteiger partial charge on any atom is 0.321 e. The van der Waals surface area contributed by atoms with Crippen LogP contribution in [0.4, 0.5) is 10.5 Å². The summed E-state index contributed by atoms with van der Waals surface area (Å²) in [4.78, 5) is 25.9. The van der Waals surface area contributed by atoms with E-state index in [0.717, 1.165) is 16.8 Å². The van der Waals surface area contributed by atoms with Crippen molar-refractivity contribution in [1.82, 2.24) is 4.90 Å². The molecule has 110 valence electrons. The summed E-state index contributed by atoms with van der Waals surface area (Å²) in [5.41, 5.74) is 2.69. The topological polar surface area (TPSA) is 49.4 Å². The van der Waals surface area contributed by atoms with Crippen molar-refractivity contribution in [2.45, 2.75) is 32.2 Å². The zero-order chi connectivity index (χ0) is 14.6. The highest BCUT2D eigenvalue weighted by molar-refractivity contribution is 6.01. The Labute approximate surface area is 124 Å². The fourth-order valence-electron chi connectivity index (χ4n) is 4.11. The number of carbonyl (C=O) groups excluding carboxylic acids is 2. The zero-order valence-electron chi connectivity index (χ0n) is 12.3. The van der Waals surface area contributed by atoms with Crippen LogP contribution in [0, 0.1) is 17.8 Å². The first-order valence-electron chi connectivity index (χ1n) is 7.84. The van der Waals surface area contributed by atoms with Crippen LogP contribution in [-0.4, -0.2) is 23.8 Å². The molecule has 1 aromatic rings. The number of nitrogens with one attached hydrogen (secondary N) is 1. The van der Waals surface area contributed by atoms with E-state index in [4.69, 9.17) is 0 Å². The van der Waals surface area contributed by atoms with Gasteiger partial charge in [0.2, 0.25) is 0 Å². The fourth-order valence-corrected chi connectivity index (χ4v) is 4.11. The molecule has 2 amide bonds. The van der Waals surface area contributed by atoms with Crippen molar-refractivity contribution in [3.8, 4) is 0 Å². The van der Waals surface area contributed by atoms with Gasteiger partial charge in [-0.2, -0.15) is 0 Å². The average molecular weight is 284 g/mol. The van der Waals surface area contributed by atoms with Crippen LogP contribution in [-0.2, 0) is 6.54 Å². The number of benzene rings is 1. The highest BCUT2D eigenvalue weighted by atomic mass is 16.2. The molecule has 4 nitrogen and oxygen atoms in total. The van der Waals surface area contributed by atoms with Gasteiger partial charge in [0.05, 0.1) is 0 Å². The molecule has 2 unspecified atom stereocenters. The molecular formula is C17H20N2O2. The van der Waals surface area contributed by atoms with Gasteiger partial charge in [-0.1, -0.05) is 12.8 Å². The van der Waals surface area contributed by atoms with Crippen LogP contribution in [0.5, 0.6) is 0 Å². The van der Waals surface area contributed by atoms with E-state index in [1.807, 2.05) is 18.2 Å². The minimum Gasteiger partial charge on any atom is -0.323 e. The number of amides is 2. The number of Topliss-reactive ketones (excluding diaryl/α,β-unsaturated/α-hetero) is 1. The van der Waals surface area contributed by atoms with E-state index in [0.29, 0.717) is 24.2 Å². The van der Waals surface area contributed by atoms with Crippen molar-refractivity contribution in [1.29, 1.82) is 0 Å². The first-order valence-corrected chi connectivity index (χ1v) is 7.84. The molecule has 1 aromatic carbocycles. The Hall–Kier alpha value is -1.84. The number of hydrogen-bond donors (Lipinski definition) is 1. The second-order valence-corrected chi connectivity index (χ2v) is 6.66. The molecule has 2 saturated carbocycles. The molecule has 1 heterocycles. The second kappa shape index (κ2) is 4.58. The maximum absolute atomic E-state index is 12.7. The summed E-state index contributed by atoms with van der Waals surface area (Å²) >= 11 is 0. The summed E-state index contributed by atoms with van der Waals surface area (Å²) in [6, 6.07) is 5.63. The quantitative estimate of drug-likeness (QED) is 0.847. The van der Waals surface area contributed by atoms with Crippen LogP contribution in [0.15, 0.2) is 18.2 Å². The number of fused-ring (bicyclic) bond motifs is 2. The van der Waals surface area contributed by atoms with Crippen LogP contribution in [0.25, 0.3) is 0 Å². The predicted molar refractivity (Wildman–Crippen MR) is 80.2 cm³/mol. The van der Waals surface area contributed by atoms with Crippen molar-refractivity contribution in [2.24, 2.45) is 17.8 Å². The van der Waals surface area contributed by atoms with Crippen LogP contribution in [0.2, 0.25) is 0 Å². The zero-order valence-corrected chi connectivity index (χ0v) is 12.3. The average Bonchev–Trinajstić information content (AvgIpc) is 3.21. The Balaban J connectivity index is 1.58. The molecule has 21 heavy (non-hydrogen) atoms. The van der Waals surface area contributed by atoms with Gasteiger partial charge in [-0.3, -0.25) is 4.79 Å². The Kier molecular flexibility index (Phi) is 2.81. The predicted octanol–water partition coefficient (Wildman–Crippen LogP) is 3.28. The van der Waals surface area contributed by atoms with Crippen molar-refractivity contribution < 1.29 is 9.59 Å². The molecule has 0 saturated heterocycles. The van der Waals surface area contributed by atoms with E-state index in [9.17, 15) is 9.59 Å². The number of hydrogen-bond acceptors (Lipinski definition) is 2. The molecule has 2 atom stereocenters. The minimum absolute atomic E-state index is 0.0882. The van der Waals surface area contributed by atoms with Gasteiger partial charge in [0.15, 0.2) is 5.78 Å². The lowest BCUT2D eigenvalue weighted by molar-refractivity contribution is 0.0956.